The van der Waals surface area contributed by atoms with Gasteiger partial charge in [0, 0.05) is 18.2 Å². The molecule has 0 fully saturated rings. The maximum atomic E-state index is 11.8. The molecule has 9 heteroatoms. The summed E-state index contributed by atoms with van der Waals surface area (Å²) in [4.78, 5) is 35.5. The van der Waals surface area contributed by atoms with Gasteiger partial charge in [-0.25, -0.2) is 9.59 Å². The standard InChI is InChI=1S/C15H15N3O6/c1-2-13(19)23-9-3-4-10-24-15(20)14(17-16)11-5-7-12(8-6-11)18(21)22/h2,5-8H,1,3-4,9-10H2. The number of benzene rings is 1. The summed E-state index contributed by atoms with van der Waals surface area (Å²) in [5, 5.41) is 10.6. The van der Waals surface area contributed by atoms with Crippen LogP contribution in [0.3, 0.4) is 0 Å². The van der Waals surface area contributed by atoms with Crippen molar-refractivity contribution in [2.75, 3.05) is 13.2 Å². The minimum atomic E-state index is -0.866. The minimum absolute atomic E-state index is 0.0382. The lowest BCUT2D eigenvalue weighted by Crippen LogP contribution is -2.20. The normalized spacial score (nSPS) is 9.50. The Balaban J connectivity index is 2.47. The molecule has 0 bridgehead atoms. The molecule has 0 aliphatic heterocycles. The zero-order chi connectivity index (χ0) is 17.9. The van der Waals surface area contributed by atoms with E-state index in [1.807, 2.05) is 0 Å². The van der Waals surface area contributed by atoms with Crippen molar-refractivity contribution in [1.82, 2.24) is 0 Å². The van der Waals surface area contributed by atoms with Crippen molar-refractivity contribution < 1.29 is 28.8 Å². The van der Waals surface area contributed by atoms with Gasteiger partial charge in [-0.1, -0.05) is 6.58 Å². The summed E-state index contributed by atoms with van der Waals surface area (Å²) in [5.74, 6) is -1.39. The van der Waals surface area contributed by atoms with Gasteiger partial charge in [0.15, 0.2) is 0 Å². The summed E-state index contributed by atoms with van der Waals surface area (Å²) in [6.07, 6.45) is 1.97. The molecule has 0 spiro atoms. The van der Waals surface area contributed by atoms with Crippen LogP contribution in [0, 0.1) is 10.1 Å². The number of unbranched alkanes of at least 4 members (excludes halogenated alkanes) is 1. The number of carbonyl (C=O) groups is 2. The van der Waals surface area contributed by atoms with E-state index in [-0.39, 0.29) is 30.2 Å². The highest BCUT2D eigenvalue weighted by molar-refractivity contribution is 6.40. The van der Waals surface area contributed by atoms with Crippen LogP contribution in [-0.2, 0) is 19.1 Å². The largest absolute Gasteiger partial charge is 0.463 e. The van der Waals surface area contributed by atoms with Crippen LogP contribution in [0.1, 0.15) is 18.4 Å². The highest BCUT2D eigenvalue weighted by atomic mass is 16.6. The van der Waals surface area contributed by atoms with Gasteiger partial charge in [0.25, 0.3) is 5.69 Å². The second kappa shape index (κ2) is 9.65. The first kappa shape index (κ1) is 18.7. The van der Waals surface area contributed by atoms with E-state index in [0.29, 0.717) is 12.8 Å². The number of esters is 2. The summed E-state index contributed by atoms with van der Waals surface area (Å²) < 4.78 is 9.69. The third-order valence-electron chi connectivity index (χ3n) is 2.83. The zero-order valence-corrected chi connectivity index (χ0v) is 12.7. The number of rotatable bonds is 9. The molecule has 0 unspecified atom stereocenters. The summed E-state index contributed by atoms with van der Waals surface area (Å²) in [5.41, 5.74) is 8.62. The molecule has 0 saturated heterocycles. The molecule has 0 amide bonds. The van der Waals surface area contributed by atoms with E-state index in [1.165, 1.54) is 24.3 Å². The third-order valence-corrected chi connectivity index (χ3v) is 2.83. The molecule has 24 heavy (non-hydrogen) atoms. The predicted molar refractivity (Wildman–Crippen MR) is 82.2 cm³/mol. The van der Waals surface area contributed by atoms with Crippen molar-refractivity contribution in [1.29, 1.82) is 0 Å². The van der Waals surface area contributed by atoms with E-state index in [4.69, 9.17) is 15.0 Å². The lowest BCUT2D eigenvalue weighted by atomic mass is 10.1. The number of hydrogen-bond acceptors (Lipinski definition) is 6. The molecule has 9 nitrogen and oxygen atoms in total. The van der Waals surface area contributed by atoms with Crippen molar-refractivity contribution in [3.63, 3.8) is 0 Å². The summed E-state index contributed by atoms with van der Waals surface area (Å²) >= 11 is 0. The summed E-state index contributed by atoms with van der Waals surface area (Å²) in [7, 11) is 0. The third kappa shape index (κ3) is 5.82. The molecule has 0 aliphatic carbocycles. The zero-order valence-electron chi connectivity index (χ0n) is 12.7. The van der Waals surface area contributed by atoms with E-state index in [9.17, 15) is 19.7 Å². The van der Waals surface area contributed by atoms with Crippen molar-refractivity contribution in [2.24, 2.45) is 0 Å². The molecule has 0 aromatic heterocycles. The molecule has 0 heterocycles. The molecule has 126 valence electrons. The Labute approximate surface area is 137 Å². The maximum Gasteiger partial charge on any atom is 0.422 e. The van der Waals surface area contributed by atoms with Crippen LogP contribution >= 0.6 is 0 Å². The van der Waals surface area contributed by atoms with Crippen LogP contribution in [0.5, 0.6) is 0 Å². The molecular weight excluding hydrogens is 318 g/mol. The number of ether oxygens (including phenoxy) is 2. The van der Waals surface area contributed by atoms with Crippen LogP contribution < -0.4 is 0 Å². The van der Waals surface area contributed by atoms with E-state index >= 15 is 0 Å². The van der Waals surface area contributed by atoms with Gasteiger partial charge in [0.05, 0.1) is 23.7 Å². The fraction of sp³-hybridized carbons (Fsp3) is 0.267. The number of nitro groups is 1. The molecule has 0 N–H and O–H groups in total. The smallest absolute Gasteiger partial charge is 0.422 e. The topological polar surface area (TPSA) is 132 Å². The minimum Gasteiger partial charge on any atom is -0.463 e. The molecule has 1 aromatic rings. The van der Waals surface area contributed by atoms with Gasteiger partial charge in [-0.15, -0.1) is 0 Å². The van der Waals surface area contributed by atoms with Gasteiger partial charge < -0.3 is 15.0 Å². The van der Waals surface area contributed by atoms with Crippen LogP contribution in [0.25, 0.3) is 5.53 Å². The second-order valence-electron chi connectivity index (χ2n) is 4.47. The number of non-ortho nitro benzene ring substituents is 1. The average molecular weight is 333 g/mol. The average Bonchev–Trinajstić information content (AvgIpc) is 2.58. The van der Waals surface area contributed by atoms with Crippen LogP contribution in [-0.4, -0.2) is 40.6 Å². The van der Waals surface area contributed by atoms with Crippen LogP contribution in [0.2, 0.25) is 0 Å². The Morgan fingerprint density at radius 3 is 2.29 bits per heavy atom. The maximum absolute atomic E-state index is 11.8. The fourth-order valence-electron chi connectivity index (χ4n) is 1.63. The number of carbonyl (C=O) groups excluding carboxylic acids is 2. The van der Waals surface area contributed by atoms with E-state index < -0.39 is 16.9 Å². The Morgan fingerprint density at radius 1 is 1.21 bits per heavy atom. The summed E-state index contributed by atoms with van der Waals surface area (Å²) in [6, 6.07) is 4.93. The lowest BCUT2D eigenvalue weighted by molar-refractivity contribution is -0.384. The molecule has 0 aliphatic rings. The number of nitro benzene ring substituents is 1. The van der Waals surface area contributed by atoms with Gasteiger partial charge in [-0.3, -0.25) is 10.1 Å². The second-order valence-corrected chi connectivity index (χ2v) is 4.47. The Bertz CT molecular complexity index is 677. The molecule has 0 radical (unpaired) electrons. The molecular formula is C15H15N3O6. The highest BCUT2D eigenvalue weighted by Crippen LogP contribution is 2.12. The Hall–Kier alpha value is -3.32. The van der Waals surface area contributed by atoms with Gasteiger partial charge in [0.1, 0.15) is 0 Å². The summed E-state index contributed by atoms with van der Waals surface area (Å²) in [6.45, 7) is 3.46. The van der Waals surface area contributed by atoms with Gasteiger partial charge in [0.2, 0.25) is 0 Å². The van der Waals surface area contributed by atoms with E-state index in [0.717, 1.165) is 6.08 Å². The highest BCUT2D eigenvalue weighted by Gasteiger charge is 2.25. The predicted octanol–water partition coefficient (Wildman–Crippen LogP) is 1.67. The quantitative estimate of drug-likeness (QED) is 0.0986. The van der Waals surface area contributed by atoms with Crippen molar-refractivity contribution in [2.45, 2.75) is 12.8 Å². The molecule has 0 atom stereocenters. The van der Waals surface area contributed by atoms with Gasteiger partial charge in [-0.05, 0) is 25.0 Å². The first-order valence-corrected chi connectivity index (χ1v) is 6.92. The van der Waals surface area contributed by atoms with Crippen molar-refractivity contribution >= 4 is 23.3 Å². The molecule has 1 aromatic carbocycles. The van der Waals surface area contributed by atoms with Crippen LogP contribution in [0.15, 0.2) is 36.9 Å². The lowest BCUT2D eigenvalue weighted by Gasteiger charge is -2.03. The monoisotopic (exact) mass is 333 g/mol. The van der Waals surface area contributed by atoms with E-state index in [1.54, 1.807) is 0 Å². The van der Waals surface area contributed by atoms with Crippen LogP contribution in [0.4, 0.5) is 5.69 Å². The molecule has 0 saturated carbocycles. The first-order valence-electron chi connectivity index (χ1n) is 6.92. The SMILES string of the molecule is C=CC(=O)OCCCCOC(=O)C(=[N+]=[N-])c1ccc([N+](=O)[O-])cc1. The fourth-order valence-corrected chi connectivity index (χ4v) is 1.63. The molecule has 1 rings (SSSR count). The van der Waals surface area contributed by atoms with Crippen molar-refractivity contribution in [3.05, 3.63) is 58.1 Å². The number of nitrogens with zero attached hydrogens (tertiary/aromatic N) is 3. The van der Waals surface area contributed by atoms with Gasteiger partial charge in [-0.2, -0.15) is 4.79 Å². The Kier molecular flexibility index (Phi) is 7.53. The first-order chi connectivity index (χ1) is 11.5. The Morgan fingerprint density at radius 2 is 1.79 bits per heavy atom. The van der Waals surface area contributed by atoms with Gasteiger partial charge >= 0.3 is 17.7 Å². The number of hydrogen-bond donors (Lipinski definition) is 0. The van der Waals surface area contributed by atoms with E-state index in [2.05, 4.69) is 11.4 Å². The van der Waals surface area contributed by atoms with Crippen molar-refractivity contribution in [3.8, 4) is 0 Å².